The number of Topliss-reactive ketones (excluding diaryl/α,β-unsaturated/α-hetero) is 1. The van der Waals surface area contributed by atoms with Crippen molar-refractivity contribution in [2.75, 3.05) is 13.2 Å². The number of esters is 1. The van der Waals surface area contributed by atoms with Gasteiger partial charge in [0.25, 0.3) is 5.91 Å². The zero-order chi connectivity index (χ0) is 32.2. The predicted molar refractivity (Wildman–Crippen MR) is 168 cm³/mol. The Bertz CT molecular complexity index is 927. The molecule has 0 aromatic carbocycles. The van der Waals surface area contributed by atoms with Crippen molar-refractivity contribution in [1.82, 2.24) is 5.32 Å². The Labute approximate surface area is 258 Å². The second-order valence-corrected chi connectivity index (χ2v) is 12.0. The highest BCUT2D eigenvalue weighted by molar-refractivity contribution is 5.91. The molecule has 43 heavy (non-hydrogen) atoms. The lowest BCUT2D eigenvalue weighted by Crippen LogP contribution is -2.42. The molecule has 0 saturated heterocycles. The van der Waals surface area contributed by atoms with Crippen LogP contribution in [0.15, 0.2) is 35.5 Å². The molecule has 0 fully saturated rings. The van der Waals surface area contributed by atoms with Gasteiger partial charge in [-0.05, 0) is 75.7 Å². The van der Waals surface area contributed by atoms with Crippen LogP contribution in [-0.2, 0) is 19.1 Å². The first-order valence-electron chi connectivity index (χ1n) is 16.2. The number of cyclic esters (lactones) is 1. The molecule has 0 aromatic rings. The minimum Gasteiger partial charge on any atom is -0.449 e. The smallest absolute Gasteiger partial charge is 0.334 e. The average Bonchev–Trinajstić information content (AvgIpc) is 2.97. The summed E-state index contributed by atoms with van der Waals surface area (Å²) in [5, 5.41) is 43.6. The maximum Gasteiger partial charge on any atom is 0.334 e. The van der Waals surface area contributed by atoms with Crippen LogP contribution in [0, 0.1) is 11.8 Å². The second-order valence-electron chi connectivity index (χ2n) is 12.0. The molecule has 1 aliphatic heterocycles. The van der Waals surface area contributed by atoms with E-state index in [1.165, 1.54) is 0 Å². The molecule has 9 nitrogen and oxygen atoms in total. The molecule has 246 valence electrons. The summed E-state index contributed by atoms with van der Waals surface area (Å²) in [5.41, 5.74) is 1.13. The number of β-amino-alcohol motifs (C(OH)–C–C–N with tert-alkyl or cyclic N) is 1. The topological polar surface area (TPSA) is 153 Å². The molecular weight excluding hydrogens is 550 g/mol. The van der Waals surface area contributed by atoms with Gasteiger partial charge in [-0.1, -0.05) is 57.9 Å². The van der Waals surface area contributed by atoms with E-state index in [0.717, 1.165) is 38.5 Å². The number of carbonyl (C=O) groups excluding carboxylic acids is 3. The summed E-state index contributed by atoms with van der Waals surface area (Å²) in [5.74, 6) is -0.392. The van der Waals surface area contributed by atoms with Crippen LogP contribution in [0.1, 0.15) is 111 Å². The maximum atomic E-state index is 12.8. The fraction of sp³-hybridized carbons (Fsp3) is 0.735. The van der Waals surface area contributed by atoms with E-state index in [2.05, 4.69) is 18.3 Å². The molecule has 1 rings (SSSR count). The summed E-state index contributed by atoms with van der Waals surface area (Å²) in [6, 6.07) is 0. The molecule has 1 heterocycles. The fourth-order valence-electron chi connectivity index (χ4n) is 5.16. The van der Waals surface area contributed by atoms with Crippen LogP contribution in [0.25, 0.3) is 0 Å². The van der Waals surface area contributed by atoms with Gasteiger partial charge in [-0.2, -0.15) is 0 Å². The first-order valence-corrected chi connectivity index (χ1v) is 16.2. The van der Waals surface area contributed by atoms with Crippen molar-refractivity contribution in [1.29, 1.82) is 0 Å². The van der Waals surface area contributed by atoms with Crippen molar-refractivity contribution in [3.63, 3.8) is 0 Å². The standard InChI is InChI=1S/C34H57NO8/c1-5-11-32-33(41)35-22-29(38)21-31(40)30(39)19-18-27(23-36)15-9-13-26(6-2)14-10-17-28(37)16-8-7-12-24(3)20-25(4)34(42)43-32/h9,13,15,20,24,26,29-32,36,38-40H,5-8,10-12,14,16-19,21-23H2,1-4H3,(H,35,41). The van der Waals surface area contributed by atoms with Crippen molar-refractivity contribution in [2.45, 2.75) is 136 Å². The van der Waals surface area contributed by atoms with Crippen LogP contribution < -0.4 is 5.32 Å². The number of ether oxygens (including phenoxy) is 1. The summed E-state index contributed by atoms with van der Waals surface area (Å²) in [6.07, 6.45) is 10.8. The Morgan fingerprint density at radius 1 is 0.953 bits per heavy atom. The van der Waals surface area contributed by atoms with Crippen molar-refractivity contribution >= 4 is 17.7 Å². The molecule has 0 aromatic heterocycles. The lowest BCUT2D eigenvalue weighted by Gasteiger charge is -2.22. The van der Waals surface area contributed by atoms with Gasteiger partial charge in [0, 0.05) is 31.4 Å². The molecule has 5 N–H and O–H groups in total. The molecule has 0 radical (unpaired) electrons. The molecule has 9 heteroatoms. The van der Waals surface area contributed by atoms with E-state index in [9.17, 15) is 34.8 Å². The van der Waals surface area contributed by atoms with E-state index in [-0.39, 0.29) is 37.7 Å². The van der Waals surface area contributed by atoms with E-state index >= 15 is 0 Å². The molecule has 0 saturated carbocycles. The van der Waals surface area contributed by atoms with Gasteiger partial charge in [0.05, 0.1) is 24.9 Å². The lowest BCUT2D eigenvalue weighted by molar-refractivity contribution is -0.152. The summed E-state index contributed by atoms with van der Waals surface area (Å²) in [6.45, 7) is 7.31. The molecule has 0 bridgehead atoms. The number of carbonyl (C=O) groups is 3. The fourth-order valence-corrected chi connectivity index (χ4v) is 5.16. The Balaban J connectivity index is 2.97. The van der Waals surface area contributed by atoms with Crippen LogP contribution in [0.4, 0.5) is 0 Å². The summed E-state index contributed by atoms with van der Waals surface area (Å²) < 4.78 is 5.50. The Morgan fingerprint density at radius 3 is 2.35 bits per heavy atom. The number of nitrogens with one attached hydrogen (secondary N) is 1. The third-order valence-electron chi connectivity index (χ3n) is 8.02. The summed E-state index contributed by atoms with van der Waals surface area (Å²) in [4.78, 5) is 37.9. The minimum absolute atomic E-state index is 0.113. The zero-order valence-corrected chi connectivity index (χ0v) is 26.8. The number of ketones is 1. The van der Waals surface area contributed by atoms with E-state index in [1.807, 2.05) is 32.1 Å². The highest BCUT2D eigenvalue weighted by atomic mass is 16.5. The van der Waals surface area contributed by atoms with Gasteiger partial charge in [0.1, 0.15) is 5.78 Å². The lowest BCUT2D eigenvalue weighted by atomic mass is 9.95. The summed E-state index contributed by atoms with van der Waals surface area (Å²) >= 11 is 0. The van der Waals surface area contributed by atoms with Crippen molar-refractivity contribution in [3.05, 3.63) is 35.5 Å². The van der Waals surface area contributed by atoms with Crippen LogP contribution in [0.2, 0.25) is 0 Å². The van der Waals surface area contributed by atoms with Gasteiger partial charge in [0.15, 0.2) is 6.10 Å². The molecule has 6 atom stereocenters. The quantitative estimate of drug-likeness (QED) is 0.294. The molecular formula is C34H57NO8. The molecule has 1 aliphatic rings. The molecule has 0 aliphatic carbocycles. The van der Waals surface area contributed by atoms with E-state index in [1.54, 1.807) is 6.92 Å². The third kappa shape index (κ3) is 16.9. The Morgan fingerprint density at radius 2 is 1.67 bits per heavy atom. The minimum atomic E-state index is -1.22. The maximum absolute atomic E-state index is 12.8. The number of amides is 1. The van der Waals surface area contributed by atoms with Crippen LogP contribution in [0.3, 0.4) is 0 Å². The number of aliphatic hydroxyl groups excluding tert-OH is 4. The van der Waals surface area contributed by atoms with Crippen molar-refractivity contribution in [3.8, 4) is 0 Å². The van der Waals surface area contributed by atoms with Gasteiger partial charge in [0.2, 0.25) is 0 Å². The molecule has 0 spiro atoms. The SMILES string of the molecule is CCCC1OC(=O)C(C)=CC(C)CCCCC(=O)CCCC(CC)C=CC=C(CO)CCC(O)C(O)CC(O)CNC1=O. The van der Waals surface area contributed by atoms with Gasteiger partial charge in [-0.25, -0.2) is 4.79 Å². The zero-order valence-electron chi connectivity index (χ0n) is 26.8. The predicted octanol–water partition coefficient (Wildman–Crippen LogP) is 4.46. The monoisotopic (exact) mass is 607 g/mol. The van der Waals surface area contributed by atoms with Gasteiger partial charge < -0.3 is 30.5 Å². The summed E-state index contributed by atoms with van der Waals surface area (Å²) in [7, 11) is 0. The van der Waals surface area contributed by atoms with Crippen LogP contribution in [-0.4, -0.2) is 75.7 Å². The highest BCUT2D eigenvalue weighted by Gasteiger charge is 2.25. The molecule has 6 unspecified atom stereocenters. The first-order chi connectivity index (χ1) is 20.5. The highest BCUT2D eigenvalue weighted by Crippen LogP contribution is 2.19. The van der Waals surface area contributed by atoms with Gasteiger partial charge >= 0.3 is 5.97 Å². The van der Waals surface area contributed by atoms with Gasteiger partial charge in [-0.15, -0.1) is 0 Å². The number of hydrogen-bond donors (Lipinski definition) is 5. The van der Waals surface area contributed by atoms with Crippen LogP contribution >= 0.6 is 0 Å². The molecule has 1 amide bonds. The average molecular weight is 608 g/mol. The normalized spacial score (nSPS) is 29.4. The Hall–Kier alpha value is -2.33. The van der Waals surface area contributed by atoms with E-state index < -0.39 is 36.3 Å². The van der Waals surface area contributed by atoms with Crippen molar-refractivity contribution < 1.29 is 39.5 Å². The van der Waals surface area contributed by atoms with E-state index in [0.29, 0.717) is 49.2 Å². The first kappa shape index (κ1) is 38.7. The van der Waals surface area contributed by atoms with Crippen molar-refractivity contribution in [2.24, 2.45) is 11.8 Å². The number of allylic oxidation sites excluding steroid dienone is 4. The van der Waals surface area contributed by atoms with Gasteiger partial charge in [-0.3, -0.25) is 9.59 Å². The number of rotatable bonds is 4. The third-order valence-corrected chi connectivity index (χ3v) is 8.02. The number of aliphatic hydroxyl groups is 4. The number of hydrogen-bond acceptors (Lipinski definition) is 8. The van der Waals surface area contributed by atoms with Crippen LogP contribution in [0.5, 0.6) is 0 Å². The largest absolute Gasteiger partial charge is 0.449 e. The van der Waals surface area contributed by atoms with E-state index in [4.69, 9.17) is 4.74 Å². The Kier molecular flexibility index (Phi) is 20.0. The second kappa shape index (κ2) is 22.2.